The molecule has 0 saturated carbocycles. The van der Waals surface area contributed by atoms with E-state index in [-0.39, 0.29) is 11.3 Å². The number of carbonyl (C=O) groups excluding carboxylic acids is 2. The molecule has 3 heterocycles. The van der Waals surface area contributed by atoms with Crippen molar-refractivity contribution in [2.75, 3.05) is 4.90 Å². The van der Waals surface area contributed by atoms with Gasteiger partial charge in [-0.05, 0) is 41.8 Å². The normalized spacial score (nSPS) is 16.5. The fourth-order valence-electron chi connectivity index (χ4n) is 4.28. The predicted octanol–water partition coefficient (Wildman–Crippen LogP) is 5.67. The highest BCUT2D eigenvalue weighted by Gasteiger charge is 2.46. The SMILES string of the molecule is CC(C)c1ccc(N2C(=O)C(O)=C(C(=O)c3ccco3)C2c2c[nH]c3ccccc23)cc1. The maximum absolute atomic E-state index is 13.3. The van der Waals surface area contributed by atoms with Gasteiger partial charge in [0.15, 0.2) is 11.5 Å². The molecule has 5 rings (SSSR count). The van der Waals surface area contributed by atoms with E-state index < -0.39 is 23.5 Å². The predicted molar refractivity (Wildman–Crippen MR) is 122 cm³/mol. The van der Waals surface area contributed by atoms with Crippen LogP contribution >= 0.6 is 0 Å². The van der Waals surface area contributed by atoms with Crippen LogP contribution in [0.15, 0.2) is 88.9 Å². The van der Waals surface area contributed by atoms with Gasteiger partial charge in [0.1, 0.15) is 0 Å². The second-order valence-corrected chi connectivity index (χ2v) is 8.18. The molecule has 0 spiro atoms. The fraction of sp³-hybridized carbons (Fsp3) is 0.154. The van der Waals surface area contributed by atoms with Crippen LogP contribution in [0, 0.1) is 0 Å². The van der Waals surface area contributed by atoms with Gasteiger partial charge in [-0.1, -0.05) is 44.2 Å². The molecule has 1 amide bonds. The first-order chi connectivity index (χ1) is 15.5. The fourth-order valence-corrected chi connectivity index (χ4v) is 4.28. The van der Waals surface area contributed by atoms with Crippen LogP contribution in [-0.4, -0.2) is 21.8 Å². The zero-order valence-electron chi connectivity index (χ0n) is 17.7. The summed E-state index contributed by atoms with van der Waals surface area (Å²) in [5.74, 6) is -1.29. The largest absolute Gasteiger partial charge is 0.503 e. The van der Waals surface area contributed by atoms with Gasteiger partial charge in [0.25, 0.3) is 5.91 Å². The lowest BCUT2D eigenvalue weighted by Crippen LogP contribution is -2.31. The number of Topliss-reactive ketones (excluding diaryl/α,β-unsaturated/α-hetero) is 1. The standard InChI is InChI=1S/C26H22N2O4/c1-15(2)16-9-11-17(12-10-16)28-23(19-14-27-20-7-4-3-6-18(19)20)22(25(30)26(28)31)24(29)21-8-5-13-32-21/h3-15,23,27,30H,1-2H3. The molecule has 1 aliphatic rings. The van der Waals surface area contributed by atoms with Crippen LogP contribution in [-0.2, 0) is 4.79 Å². The summed E-state index contributed by atoms with van der Waals surface area (Å²) >= 11 is 0. The number of aromatic nitrogens is 1. The number of rotatable bonds is 5. The van der Waals surface area contributed by atoms with E-state index in [4.69, 9.17) is 4.42 Å². The molecule has 1 atom stereocenters. The van der Waals surface area contributed by atoms with E-state index in [1.165, 1.54) is 17.2 Å². The average molecular weight is 426 g/mol. The number of H-pyrrole nitrogens is 1. The van der Waals surface area contributed by atoms with Crippen molar-refractivity contribution in [3.8, 4) is 0 Å². The van der Waals surface area contributed by atoms with E-state index in [1.807, 2.05) is 48.5 Å². The molecule has 6 nitrogen and oxygen atoms in total. The molecule has 2 N–H and O–H groups in total. The number of para-hydroxylation sites is 1. The smallest absolute Gasteiger partial charge is 0.294 e. The van der Waals surface area contributed by atoms with Gasteiger partial charge in [-0.25, -0.2) is 0 Å². The number of nitrogens with zero attached hydrogens (tertiary/aromatic N) is 1. The molecule has 2 aromatic carbocycles. The summed E-state index contributed by atoms with van der Waals surface area (Å²) in [5, 5.41) is 11.7. The summed E-state index contributed by atoms with van der Waals surface area (Å²) in [6.45, 7) is 4.19. The van der Waals surface area contributed by atoms with Crippen LogP contribution in [0.25, 0.3) is 10.9 Å². The zero-order valence-corrected chi connectivity index (χ0v) is 17.7. The van der Waals surface area contributed by atoms with Crippen molar-refractivity contribution in [1.82, 2.24) is 4.98 Å². The number of nitrogens with one attached hydrogen (secondary N) is 1. The van der Waals surface area contributed by atoms with Gasteiger partial charge in [0.05, 0.1) is 17.9 Å². The number of amides is 1. The van der Waals surface area contributed by atoms with Crippen molar-refractivity contribution < 1.29 is 19.1 Å². The van der Waals surface area contributed by atoms with Gasteiger partial charge in [0.2, 0.25) is 5.78 Å². The molecule has 160 valence electrons. The van der Waals surface area contributed by atoms with Crippen molar-refractivity contribution in [2.45, 2.75) is 25.8 Å². The van der Waals surface area contributed by atoms with Crippen LogP contribution in [0.1, 0.15) is 47.5 Å². The summed E-state index contributed by atoms with van der Waals surface area (Å²) in [6, 6.07) is 17.6. The Balaban J connectivity index is 1.69. The highest BCUT2D eigenvalue weighted by atomic mass is 16.3. The summed E-state index contributed by atoms with van der Waals surface area (Å²) in [6.07, 6.45) is 3.18. The lowest BCUT2D eigenvalue weighted by Gasteiger charge is -2.26. The van der Waals surface area contributed by atoms with Gasteiger partial charge in [-0.15, -0.1) is 0 Å². The van der Waals surface area contributed by atoms with Crippen molar-refractivity contribution in [2.24, 2.45) is 0 Å². The van der Waals surface area contributed by atoms with E-state index in [1.54, 1.807) is 12.3 Å². The van der Waals surface area contributed by atoms with Gasteiger partial charge in [0, 0.05) is 28.4 Å². The van der Waals surface area contributed by atoms with Crippen LogP contribution in [0.3, 0.4) is 0 Å². The molecule has 32 heavy (non-hydrogen) atoms. The molecular weight excluding hydrogens is 404 g/mol. The van der Waals surface area contributed by atoms with E-state index in [0.717, 1.165) is 22.0 Å². The van der Waals surface area contributed by atoms with Crippen molar-refractivity contribution >= 4 is 28.3 Å². The maximum atomic E-state index is 13.3. The van der Waals surface area contributed by atoms with Gasteiger partial charge in [-0.3, -0.25) is 14.5 Å². The minimum Gasteiger partial charge on any atom is -0.503 e. The molecule has 6 heteroatoms. The van der Waals surface area contributed by atoms with Crippen LogP contribution in [0.4, 0.5) is 5.69 Å². The molecule has 0 saturated heterocycles. The Morgan fingerprint density at radius 1 is 1.06 bits per heavy atom. The Kier molecular flexibility index (Phi) is 4.70. The Morgan fingerprint density at radius 3 is 2.50 bits per heavy atom. The van der Waals surface area contributed by atoms with E-state index in [9.17, 15) is 14.7 Å². The molecule has 0 bridgehead atoms. The molecule has 0 fully saturated rings. The minimum absolute atomic E-state index is 0.00244. The van der Waals surface area contributed by atoms with Crippen molar-refractivity contribution in [1.29, 1.82) is 0 Å². The summed E-state index contributed by atoms with van der Waals surface area (Å²) in [5.41, 5.74) is 3.33. The molecule has 1 unspecified atom stereocenters. The molecule has 1 aliphatic heterocycles. The number of anilines is 1. The third kappa shape index (κ3) is 3.03. The first-order valence-corrected chi connectivity index (χ1v) is 10.5. The number of fused-ring (bicyclic) bond motifs is 1. The van der Waals surface area contributed by atoms with Crippen LogP contribution < -0.4 is 4.90 Å². The average Bonchev–Trinajstić information content (AvgIpc) is 3.53. The molecular formula is C26H22N2O4. The number of aromatic amines is 1. The maximum Gasteiger partial charge on any atom is 0.294 e. The summed E-state index contributed by atoms with van der Waals surface area (Å²) in [7, 11) is 0. The number of benzene rings is 2. The monoisotopic (exact) mass is 426 g/mol. The highest BCUT2D eigenvalue weighted by Crippen LogP contribution is 2.44. The molecule has 0 aliphatic carbocycles. The second-order valence-electron chi connectivity index (χ2n) is 8.18. The van der Waals surface area contributed by atoms with Gasteiger partial charge < -0.3 is 14.5 Å². The van der Waals surface area contributed by atoms with E-state index >= 15 is 0 Å². The Hall–Kier alpha value is -4.06. The number of carbonyl (C=O) groups is 2. The minimum atomic E-state index is -0.804. The first-order valence-electron chi connectivity index (χ1n) is 10.5. The van der Waals surface area contributed by atoms with E-state index in [0.29, 0.717) is 11.6 Å². The second kappa shape index (κ2) is 7.57. The number of aliphatic hydroxyl groups is 1. The number of furan rings is 1. The quantitative estimate of drug-likeness (QED) is 0.403. The first kappa shape index (κ1) is 19.9. The van der Waals surface area contributed by atoms with Gasteiger partial charge >= 0.3 is 0 Å². The van der Waals surface area contributed by atoms with Crippen molar-refractivity contribution in [3.63, 3.8) is 0 Å². The number of ketones is 1. The summed E-state index contributed by atoms with van der Waals surface area (Å²) < 4.78 is 5.30. The molecule has 4 aromatic rings. The van der Waals surface area contributed by atoms with Crippen LogP contribution in [0.2, 0.25) is 0 Å². The zero-order chi connectivity index (χ0) is 22.4. The molecule has 2 aromatic heterocycles. The van der Waals surface area contributed by atoms with Crippen molar-refractivity contribution in [3.05, 3.63) is 101 Å². The third-order valence-corrected chi connectivity index (χ3v) is 5.95. The van der Waals surface area contributed by atoms with E-state index in [2.05, 4.69) is 18.8 Å². The lowest BCUT2D eigenvalue weighted by atomic mass is 9.94. The lowest BCUT2D eigenvalue weighted by molar-refractivity contribution is -0.117. The Bertz CT molecular complexity index is 1340. The Morgan fingerprint density at radius 2 is 1.81 bits per heavy atom. The number of aliphatic hydroxyl groups excluding tert-OH is 1. The third-order valence-electron chi connectivity index (χ3n) is 5.95. The summed E-state index contributed by atoms with van der Waals surface area (Å²) in [4.78, 5) is 31.3. The molecule has 0 radical (unpaired) electrons. The highest BCUT2D eigenvalue weighted by molar-refractivity contribution is 6.20. The topological polar surface area (TPSA) is 86.5 Å². The van der Waals surface area contributed by atoms with Gasteiger partial charge in [-0.2, -0.15) is 0 Å². The number of hydrogen-bond donors (Lipinski definition) is 2. The van der Waals surface area contributed by atoms with Crippen LogP contribution in [0.5, 0.6) is 0 Å². The Labute approximate surface area is 184 Å². The number of hydrogen-bond acceptors (Lipinski definition) is 4.